The van der Waals surface area contributed by atoms with Gasteiger partial charge in [0.2, 0.25) is 0 Å². The molecule has 0 saturated carbocycles. The van der Waals surface area contributed by atoms with Crippen LogP contribution in [0.25, 0.3) is 0 Å². The Labute approximate surface area is 112 Å². The Hall–Kier alpha value is -1.18. The first-order chi connectivity index (χ1) is 8.63. The van der Waals surface area contributed by atoms with Crippen molar-refractivity contribution >= 4 is 17.4 Å². The first-order valence-corrected chi connectivity index (χ1v) is 7.12. The fraction of sp³-hybridized carbons (Fsp3) is 0.500. The number of aliphatic hydroxyl groups is 1. The number of hydrogen-bond acceptors (Lipinski definition) is 4. The molecular formula is C14H18N2OS. The second kappa shape index (κ2) is 5.64. The van der Waals surface area contributed by atoms with Crippen molar-refractivity contribution in [2.75, 3.05) is 18.0 Å². The van der Waals surface area contributed by atoms with Crippen LogP contribution in [-0.4, -0.2) is 28.7 Å². The van der Waals surface area contributed by atoms with Gasteiger partial charge in [-0.3, -0.25) is 0 Å². The quantitative estimate of drug-likeness (QED) is 0.889. The summed E-state index contributed by atoms with van der Waals surface area (Å²) in [5, 5.41) is 19.5. The summed E-state index contributed by atoms with van der Waals surface area (Å²) in [6, 6.07) is 7.88. The van der Waals surface area contributed by atoms with E-state index in [2.05, 4.69) is 24.8 Å². The molecule has 1 N–H and O–H groups in total. The van der Waals surface area contributed by atoms with Crippen molar-refractivity contribution in [2.45, 2.75) is 31.0 Å². The third-order valence-corrected chi connectivity index (χ3v) is 4.35. The van der Waals surface area contributed by atoms with Gasteiger partial charge in [-0.05, 0) is 17.7 Å². The number of hydrogen-bond donors (Lipinski definition) is 1. The first kappa shape index (κ1) is 13.3. The summed E-state index contributed by atoms with van der Waals surface area (Å²) < 4.78 is 0. The molecule has 0 aliphatic carbocycles. The number of thioether (sulfide) groups is 1. The predicted molar refractivity (Wildman–Crippen MR) is 75.8 cm³/mol. The highest BCUT2D eigenvalue weighted by molar-refractivity contribution is 8.00. The normalized spacial score (nSPS) is 23.8. The Bertz CT molecular complexity index is 459. The summed E-state index contributed by atoms with van der Waals surface area (Å²) in [7, 11) is 0. The second-order valence-corrected chi connectivity index (χ2v) is 6.67. The maximum absolute atomic E-state index is 9.24. The van der Waals surface area contributed by atoms with Crippen LogP contribution in [0.15, 0.2) is 18.2 Å². The topological polar surface area (TPSA) is 47.3 Å². The number of anilines is 1. The van der Waals surface area contributed by atoms with Crippen molar-refractivity contribution in [2.24, 2.45) is 0 Å². The summed E-state index contributed by atoms with van der Waals surface area (Å²) in [5.41, 5.74) is 2.45. The van der Waals surface area contributed by atoms with Gasteiger partial charge in [0.15, 0.2) is 0 Å². The van der Waals surface area contributed by atoms with E-state index >= 15 is 0 Å². The van der Waals surface area contributed by atoms with Crippen LogP contribution in [0.1, 0.15) is 25.0 Å². The van der Waals surface area contributed by atoms with Crippen LogP contribution in [0.5, 0.6) is 0 Å². The van der Waals surface area contributed by atoms with Crippen molar-refractivity contribution in [1.29, 1.82) is 5.26 Å². The zero-order valence-electron chi connectivity index (χ0n) is 10.8. The van der Waals surface area contributed by atoms with Crippen molar-refractivity contribution in [3.63, 3.8) is 0 Å². The minimum Gasteiger partial charge on any atom is -0.392 e. The number of rotatable bonds is 2. The number of nitriles is 1. The molecular weight excluding hydrogens is 244 g/mol. The van der Waals surface area contributed by atoms with Gasteiger partial charge < -0.3 is 10.0 Å². The summed E-state index contributed by atoms with van der Waals surface area (Å²) in [4.78, 5) is 2.28. The molecule has 0 bridgehead atoms. The standard InChI is InChI=1S/C14H18N2OS/c1-10-7-16(8-11(2)18-10)14-4-3-12(9-17)5-13(14)6-15/h3-5,10-11,17H,7-9H2,1-2H3. The Balaban J connectivity index is 2.30. The molecule has 0 aromatic heterocycles. The fourth-order valence-electron chi connectivity index (χ4n) is 2.42. The predicted octanol–water partition coefficient (Wildman–Crippen LogP) is 2.38. The van der Waals surface area contributed by atoms with Gasteiger partial charge in [-0.1, -0.05) is 19.9 Å². The van der Waals surface area contributed by atoms with Crippen LogP contribution in [-0.2, 0) is 6.61 Å². The number of aliphatic hydroxyl groups excluding tert-OH is 1. The lowest BCUT2D eigenvalue weighted by molar-refractivity contribution is 0.282. The van der Waals surface area contributed by atoms with Gasteiger partial charge in [0, 0.05) is 23.6 Å². The van der Waals surface area contributed by atoms with Crippen LogP contribution >= 0.6 is 11.8 Å². The van der Waals surface area contributed by atoms with Gasteiger partial charge in [0.25, 0.3) is 0 Å². The molecule has 1 saturated heterocycles. The van der Waals surface area contributed by atoms with Gasteiger partial charge in [-0.2, -0.15) is 17.0 Å². The molecule has 2 atom stereocenters. The Morgan fingerprint density at radius 1 is 1.39 bits per heavy atom. The van der Waals surface area contributed by atoms with E-state index in [1.807, 2.05) is 23.9 Å². The van der Waals surface area contributed by atoms with Gasteiger partial charge in [-0.15, -0.1) is 0 Å². The van der Waals surface area contributed by atoms with E-state index in [1.54, 1.807) is 6.07 Å². The van der Waals surface area contributed by atoms with E-state index in [9.17, 15) is 5.26 Å². The molecule has 0 radical (unpaired) electrons. The molecule has 1 fully saturated rings. The average Bonchev–Trinajstić information content (AvgIpc) is 2.36. The second-order valence-electron chi connectivity index (χ2n) is 4.78. The van der Waals surface area contributed by atoms with Crippen LogP contribution < -0.4 is 4.90 Å². The van der Waals surface area contributed by atoms with Crippen molar-refractivity contribution < 1.29 is 5.11 Å². The lowest BCUT2D eigenvalue weighted by Gasteiger charge is -2.36. The van der Waals surface area contributed by atoms with Gasteiger partial charge >= 0.3 is 0 Å². The first-order valence-electron chi connectivity index (χ1n) is 6.18. The smallest absolute Gasteiger partial charge is 0.101 e. The number of nitrogens with zero attached hydrogens (tertiary/aromatic N) is 2. The molecule has 0 spiro atoms. The summed E-state index contributed by atoms with van der Waals surface area (Å²) in [5.74, 6) is 0. The van der Waals surface area contributed by atoms with Crippen molar-refractivity contribution in [1.82, 2.24) is 0 Å². The maximum atomic E-state index is 9.24. The van der Waals surface area contributed by atoms with E-state index in [0.29, 0.717) is 16.1 Å². The third kappa shape index (κ3) is 2.80. The molecule has 0 amide bonds. The molecule has 1 aliphatic rings. The molecule has 18 heavy (non-hydrogen) atoms. The molecule has 96 valence electrons. The third-order valence-electron chi connectivity index (χ3n) is 3.12. The lowest BCUT2D eigenvalue weighted by atomic mass is 10.1. The Morgan fingerprint density at radius 3 is 2.61 bits per heavy atom. The van der Waals surface area contributed by atoms with Gasteiger partial charge in [0.05, 0.1) is 17.9 Å². The van der Waals surface area contributed by atoms with Gasteiger partial charge in [0.1, 0.15) is 6.07 Å². The maximum Gasteiger partial charge on any atom is 0.101 e. The van der Waals surface area contributed by atoms with E-state index in [-0.39, 0.29) is 6.61 Å². The number of benzene rings is 1. The van der Waals surface area contributed by atoms with Gasteiger partial charge in [-0.25, -0.2) is 0 Å². The fourth-order valence-corrected chi connectivity index (χ4v) is 3.75. The molecule has 1 aliphatic heterocycles. The molecule has 4 heteroatoms. The average molecular weight is 262 g/mol. The van der Waals surface area contributed by atoms with Crippen molar-refractivity contribution in [3.05, 3.63) is 29.3 Å². The Morgan fingerprint density at radius 2 is 2.06 bits per heavy atom. The van der Waals surface area contributed by atoms with Crippen LogP contribution in [0.4, 0.5) is 5.69 Å². The highest BCUT2D eigenvalue weighted by Gasteiger charge is 2.24. The monoisotopic (exact) mass is 262 g/mol. The highest BCUT2D eigenvalue weighted by atomic mass is 32.2. The van der Waals surface area contributed by atoms with Crippen LogP contribution in [0, 0.1) is 11.3 Å². The van der Waals surface area contributed by atoms with Crippen molar-refractivity contribution in [3.8, 4) is 6.07 Å². The molecule has 2 unspecified atom stereocenters. The molecule has 2 rings (SSSR count). The van der Waals surface area contributed by atoms with Crippen LogP contribution in [0.3, 0.4) is 0 Å². The molecule has 1 aromatic rings. The molecule has 1 aromatic carbocycles. The van der Waals surface area contributed by atoms with E-state index in [4.69, 9.17) is 5.11 Å². The molecule has 1 heterocycles. The van der Waals surface area contributed by atoms with E-state index < -0.39 is 0 Å². The van der Waals surface area contributed by atoms with E-state index in [0.717, 1.165) is 24.3 Å². The SMILES string of the molecule is CC1CN(c2ccc(CO)cc2C#N)CC(C)S1. The van der Waals surface area contributed by atoms with Crippen LogP contribution in [0.2, 0.25) is 0 Å². The summed E-state index contributed by atoms with van der Waals surface area (Å²) in [6.07, 6.45) is 0. The summed E-state index contributed by atoms with van der Waals surface area (Å²) >= 11 is 2.00. The minimum atomic E-state index is -0.0163. The largest absolute Gasteiger partial charge is 0.392 e. The molecule has 3 nitrogen and oxygen atoms in total. The zero-order chi connectivity index (χ0) is 13.1. The lowest BCUT2D eigenvalue weighted by Crippen LogP contribution is -2.40. The zero-order valence-corrected chi connectivity index (χ0v) is 11.6. The minimum absolute atomic E-state index is 0.0163. The van der Waals surface area contributed by atoms with E-state index in [1.165, 1.54) is 0 Å². The Kier molecular flexibility index (Phi) is 4.15. The summed E-state index contributed by atoms with van der Waals surface area (Å²) in [6.45, 7) is 6.38. The highest BCUT2D eigenvalue weighted by Crippen LogP contribution is 2.30.